The zero-order chi connectivity index (χ0) is 14.5. The van der Waals surface area contributed by atoms with E-state index in [4.69, 9.17) is 0 Å². The molecule has 20 heavy (non-hydrogen) atoms. The Morgan fingerprint density at radius 1 is 0.900 bits per heavy atom. The van der Waals surface area contributed by atoms with Gasteiger partial charge in [0.05, 0.1) is 9.85 Å². The average Bonchev–Trinajstić information content (AvgIpc) is 2.45. The van der Waals surface area contributed by atoms with Crippen molar-refractivity contribution in [1.29, 1.82) is 0 Å². The van der Waals surface area contributed by atoms with Gasteiger partial charge < -0.3 is 0 Å². The lowest BCUT2D eigenvalue weighted by atomic mass is 10.1. The SMILES string of the molecule is O=[N+]([O-])/C(=C/c1ccccc1)c1ccccc1[N+](=O)[O-]. The summed E-state index contributed by atoms with van der Waals surface area (Å²) in [5.41, 5.74) is 0.0126. The monoisotopic (exact) mass is 270 g/mol. The Hall–Kier alpha value is -3.02. The highest BCUT2D eigenvalue weighted by molar-refractivity contribution is 5.80. The summed E-state index contributed by atoms with van der Waals surface area (Å²) in [7, 11) is 0. The number of nitrogens with zero attached hydrogens (tertiary/aromatic N) is 2. The highest BCUT2D eigenvalue weighted by Crippen LogP contribution is 2.27. The third-order valence-electron chi connectivity index (χ3n) is 2.68. The Morgan fingerprint density at radius 2 is 1.50 bits per heavy atom. The Balaban J connectivity index is 2.59. The van der Waals surface area contributed by atoms with E-state index in [1.165, 1.54) is 30.3 Å². The van der Waals surface area contributed by atoms with Gasteiger partial charge in [0.15, 0.2) is 0 Å². The topological polar surface area (TPSA) is 86.3 Å². The maximum absolute atomic E-state index is 11.2. The maximum atomic E-state index is 11.2. The molecular weight excluding hydrogens is 260 g/mol. The molecule has 0 atom stereocenters. The van der Waals surface area contributed by atoms with Gasteiger partial charge in [0.1, 0.15) is 5.56 Å². The average molecular weight is 270 g/mol. The predicted octanol–water partition coefficient (Wildman–Crippen LogP) is 3.37. The normalized spacial score (nSPS) is 11.1. The summed E-state index contributed by atoms with van der Waals surface area (Å²) < 4.78 is 0. The van der Waals surface area contributed by atoms with Crippen molar-refractivity contribution in [2.45, 2.75) is 0 Å². The molecule has 0 unspecified atom stereocenters. The van der Waals surface area contributed by atoms with E-state index in [1.54, 1.807) is 30.3 Å². The summed E-state index contributed by atoms with van der Waals surface area (Å²) in [5.74, 6) is 0. The van der Waals surface area contributed by atoms with Gasteiger partial charge in [0, 0.05) is 12.1 Å². The van der Waals surface area contributed by atoms with Gasteiger partial charge in [0.2, 0.25) is 0 Å². The lowest BCUT2D eigenvalue weighted by Gasteiger charge is -2.01. The quantitative estimate of drug-likeness (QED) is 0.484. The number of hydrogen-bond acceptors (Lipinski definition) is 4. The van der Waals surface area contributed by atoms with E-state index in [0.29, 0.717) is 5.56 Å². The Kier molecular flexibility index (Phi) is 3.85. The lowest BCUT2D eigenvalue weighted by molar-refractivity contribution is -0.391. The molecule has 0 amide bonds. The second-order valence-corrected chi connectivity index (χ2v) is 3.97. The first-order chi connectivity index (χ1) is 9.59. The number of benzene rings is 2. The van der Waals surface area contributed by atoms with Gasteiger partial charge in [0.25, 0.3) is 11.4 Å². The maximum Gasteiger partial charge on any atom is 0.284 e. The summed E-state index contributed by atoms with van der Waals surface area (Å²) in [5, 5.41) is 22.2. The molecule has 0 aliphatic heterocycles. The molecule has 0 saturated carbocycles. The number of rotatable bonds is 4. The predicted molar refractivity (Wildman–Crippen MR) is 74.4 cm³/mol. The van der Waals surface area contributed by atoms with Crippen molar-refractivity contribution in [2.24, 2.45) is 0 Å². The van der Waals surface area contributed by atoms with E-state index in [2.05, 4.69) is 0 Å². The molecule has 0 heterocycles. The van der Waals surface area contributed by atoms with Crippen LogP contribution in [0.4, 0.5) is 5.69 Å². The molecule has 0 spiro atoms. The molecule has 0 aliphatic carbocycles. The first-order valence-electron chi connectivity index (χ1n) is 5.74. The van der Waals surface area contributed by atoms with Crippen molar-refractivity contribution >= 4 is 17.5 Å². The van der Waals surface area contributed by atoms with Gasteiger partial charge in [-0.1, -0.05) is 42.5 Å². The fourth-order valence-corrected chi connectivity index (χ4v) is 1.79. The molecule has 0 aliphatic rings. The van der Waals surface area contributed by atoms with Crippen LogP contribution in [0.2, 0.25) is 0 Å². The Labute approximate surface area is 114 Å². The molecule has 100 valence electrons. The van der Waals surface area contributed by atoms with Crippen LogP contribution in [0.1, 0.15) is 11.1 Å². The summed E-state index contributed by atoms with van der Waals surface area (Å²) in [6.07, 6.45) is 1.32. The summed E-state index contributed by atoms with van der Waals surface area (Å²) >= 11 is 0. The molecule has 6 heteroatoms. The molecular formula is C14H10N2O4. The van der Waals surface area contributed by atoms with Gasteiger partial charge in [-0.2, -0.15) is 0 Å². The molecule has 6 nitrogen and oxygen atoms in total. The first-order valence-corrected chi connectivity index (χ1v) is 5.74. The standard InChI is InChI=1S/C14H10N2O4/c17-15(18)13-9-5-4-8-12(13)14(16(19)20)10-11-6-2-1-3-7-11/h1-10H/b14-10+. The first kappa shape index (κ1) is 13.4. The summed E-state index contributed by atoms with van der Waals surface area (Å²) in [4.78, 5) is 20.9. The van der Waals surface area contributed by atoms with E-state index in [-0.39, 0.29) is 16.9 Å². The van der Waals surface area contributed by atoms with Crippen LogP contribution >= 0.6 is 0 Å². The molecule has 0 fully saturated rings. The largest absolute Gasteiger partial charge is 0.284 e. The third kappa shape index (κ3) is 2.86. The second-order valence-electron chi connectivity index (χ2n) is 3.97. The van der Waals surface area contributed by atoms with Crippen LogP contribution in [0.5, 0.6) is 0 Å². The van der Waals surface area contributed by atoms with Crippen LogP contribution < -0.4 is 0 Å². The fraction of sp³-hybridized carbons (Fsp3) is 0. The molecule has 0 saturated heterocycles. The molecule has 2 aromatic carbocycles. The van der Waals surface area contributed by atoms with Crippen molar-refractivity contribution in [3.05, 3.63) is 86.0 Å². The molecule has 2 rings (SSSR count). The zero-order valence-electron chi connectivity index (χ0n) is 10.3. The van der Waals surface area contributed by atoms with Crippen LogP contribution in [0.25, 0.3) is 11.8 Å². The third-order valence-corrected chi connectivity index (χ3v) is 2.68. The Bertz CT molecular complexity index is 681. The van der Waals surface area contributed by atoms with Crippen molar-refractivity contribution in [3.8, 4) is 0 Å². The lowest BCUT2D eigenvalue weighted by Crippen LogP contribution is -2.02. The fourth-order valence-electron chi connectivity index (χ4n) is 1.79. The Morgan fingerprint density at radius 3 is 2.10 bits per heavy atom. The van der Waals surface area contributed by atoms with Gasteiger partial charge in [-0.05, 0) is 11.6 Å². The van der Waals surface area contributed by atoms with E-state index < -0.39 is 9.85 Å². The van der Waals surface area contributed by atoms with Crippen molar-refractivity contribution in [1.82, 2.24) is 0 Å². The molecule has 0 radical (unpaired) electrons. The highest BCUT2D eigenvalue weighted by Gasteiger charge is 2.24. The van der Waals surface area contributed by atoms with Crippen LogP contribution in [0, 0.1) is 20.2 Å². The zero-order valence-corrected chi connectivity index (χ0v) is 10.3. The number of para-hydroxylation sites is 1. The van der Waals surface area contributed by atoms with E-state index in [1.807, 2.05) is 0 Å². The second kappa shape index (κ2) is 5.75. The number of hydrogen-bond donors (Lipinski definition) is 0. The van der Waals surface area contributed by atoms with Crippen LogP contribution in [0.3, 0.4) is 0 Å². The molecule has 0 aromatic heterocycles. The minimum atomic E-state index is -0.627. The number of nitro benzene ring substituents is 1. The van der Waals surface area contributed by atoms with Crippen molar-refractivity contribution in [2.75, 3.05) is 0 Å². The van der Waals surface area contributed by atoms with Crippen LogP contribution in [-0.2, 0) is 0 Å². The highest BCUT2D eigenvalue weighted by atomic mass is 16.6. The number of nitro groups is 2. The minimum Gasteiger partial charge on any atom is -0.258 e. The summed E-state index contributed by atoms with van der Waals surface area (Å²) in [6, 6.07) is 14.3. The molecule has 0 N–H and O–H groups in total. The van der Waals surface area contributed by atoms with E-state index in [9.17, 15) is 20.2 Å². The van der Waals surface area contributed by atoms with Crippen LogP contribution in [-0.4, -0.2) is 9.85 Å². The van der Waals surface area contributed by atoms with Gasteiger partial charge >= 0.3 is 0 Å². The smallest absolute Gasteiger partial charge is 0.258 e. The van der Waals surface area contributed by atoms with Crippen LogP contribution in [0.15, 0.2) is 54.6 Å². The van der Waals surface area contributed by atoms with Gasteiger partial charge in [-0.3, -0.25) is 20.2 Å². The van der Waals surface area contributed by atoms with E-state index in [0.717, 1.165) is 0 Å². The molecule has 2 aromatic rings. The van der Waals surface area contributed by atoms with E-state index >= 15 is 0 Å². The summed E-state index contributed by atoms with van der Waals surface area (Å²) in [6.45, 7) is 0. The van der Waals surface area contributed by atoms with Crippen molar-refractivity contribution < 1.29 is 9.85 Å². The molecule has 0 bridgehead atoms. The minimum absolute atomic E-state index is 0.00801. The van der Waals surface area contributed by atoms with Crippen molar-refractivity contribution in [3.63, 3.8) is 0 Å². The van der Waals surface area contributed by atoms with Gasteiger partial charge in [-0.25, -0.2) is 0 Å². The van der Waals surface area contributed by atoms with Gasteiger partial charge in [-0.15, -0.1) is 0 Å².